The lowest BCUT2D eigenvalue weighted by molar-refractivity contribution is -0.139. The van der Waals surface area contributed by atoms with Crippen molar-refractivity contribution in [1.29, 1.82) is 0 Å². The van der Waals surface area contributed by atoms with Crippen molar-refractivity contribution < 1.29 is 19.1 Å². The predicted octanol–water partition coefficient (Wildman–Crippen LogP) is 2.41. The molecule has 0 spiro atoms. The van der Waals surface area contributed by atoms with Gasteiger partial charge in [-0.2, -0.15) is 0 Å². The second-order valence-corrected chi connectivity index (χ2v) is 6.16. The molecule has 144 valence electrons. The van der Waals surface area contributed by atoms with Crippen LogP contribution in [0.15, 0.2) is 48.5 Å². The fourth-order valence-electron chi connectivity index (χ4n) is 2.84. The number of likely N-dealkylation sites (N-methyl/N-ethyl adjacent to an activating group) is 1. The molecule has 0 saturated carbocycles. The lowest BCUT2D eigenvalue weighted by Gasteiger charge is -2.28. The first-order valence-corrected chi connectivity index (χ1v) is 8.76. The van der Waals surface area contributed by atoms with E-state index in [0.29, 0.717) is 18.0 Å². The second kappa shape index (κ2) is 9.62. The topological polar surface area (TPSA) is 67.9 Å². The lowest BCUT2D eigenvalue weighted by atomic mass is 10.1. The lowest BCUT2D eigenvalue weighted by Crippen LogP contribution is -2.47. The van der Waals surface area contributed by atoms with Crippen LogP contribution in [-0.2, 0) is 22.6 Å². The standard InChI is InChI=1S/C21H26N2O4/c1-15(21(25)22-2)23(14-16-8-6-5-7-9-16)20(24)13-17-10-11-18(26-3)19(12-17)27-4/h5-12,15H,13-14H2,1-4H3,(H,22,25)/t15-/m1/s1. The van der Waals surface area contributed by atoms with Crippen LogP contribution in [0.2, 0.25) is 0 Å². The van der Waals surface area contributed by atoms with E-state index < -0.39 is 6.04 Å². The molecule has 1 N–H and O–H groups in total. The molecule has 1 atom stereocenters. The molecular formula is C21H26N2O4. The molecule has 2 aromatic rings. The largest absolute Gasteiger partial charge is 0.493 e. The van der Waals surface area contributed by atoms with Crippen LogP contribution in [0.1, 0.15) is 18.1 Å². The average Bonchev–Trinajstić information content (AvgIpc) is 2.71. The first kappa shape index (κ1) is 20.3. The summed E-state index contributed by atoms with van der Waals surface area (Å²) in [5.74, 6) is 0.832. The quantitative estimate of drug-likeness (QED) is 0.775. The van der Waals surface area contributed by atoms with Gasteiger partial charge in [-0.25, -0.2) is 0 Å². The van der Waals surface area contributed by atoms with Gasteiger partial charge in [-0.1, -0.05) is 36.4 Å². The molecule has 2 amide bonds. The summed E-state index contributed by atoms with van der Waals surface area (Å²) >= 11 is 0. The van der Waals surface area contributed by atoms with Crippen molar-refractivity contribution >= 4 is 11.8 Å². The van der Waals surface area contributed by atoms with Gasteiger partial charge in [0.15, 0.2) is 11.5 Å². The van der Waals surface area contributed by atoms with Gasteiger partial charge in [0.25, 0.3) is 0 Å². The van der Waals surface area contributed by atoms with E-state index >= 15 is 0 Å². The number of hydrogen-bond donors (Lipinski definition) is 1. The number of nitrogens with zero attached hydrogens (tertiary/aromatic N) is 1. The van der Waals surface area contributed by atoms with Crippen molar-refractivity contribution in [2.75, 3.05) is 21.3 Å². The number of ether oxygens (including phenoxy) is 2. The molecule has 0 aliphatic heterocycles. The SMILES string of the molecule is CNC(=O)[C@@H](C)N(Cc1ccccc1)C(=O)Cc1ccc(OC)c(OC)c1. The van der Waals surface area contributed by atoms with Crippen molar-refractivity contribution in [2.45, 2.75) is 25.9 Å². The summed E-state index contributed by atoms with van der Waals surface area (Å²) in [6.45, 7) is 2.09. The van der Waals surface area contributed by atoms with E-state index in [1.165, 1.54) is 0 Å². The smallest absolute Gasteiger partial charge is 0.242 e. The molecular weight excluding hydrogens is 344 g/mol. The summed E-state index contributed by atoms with van der Waals surface area (Å²) in [5.41, 5.74) is 1.76. The maximum atomic E-state index is 13.0. The van der Waals surface area contributed by atoms with Crippen LogP contribution >= 0.6 is 0 Å². The molecule has 0 aliphatic rings. The van der Waals surface area contributed by atoms with E-state index in [4.69, 9.17) is 9.47 Å². The minimum absolute atomic E-state index is 0.137. The molecule has 0 heterocycles. The zero-order valence-corrected chi connectivity index (χ0v) is 16.2. The summed E-state index contributed by atoms with van der Waals surface area (Å²) in [6, 6.07) is 14.4. The molecule has 27 heavy (non-hydrogen) atoms. The van der Waals surface area contributed by atoms with Crippen LogP contribution in [0, 0.1) is 0 Å². The Morgan fingerprint density at radius 2 is 1.67 bits per heavy atom. The zero-order chi connectivity index (χ0) is 19.8. The van der Waals surface area contributed by atoms with Gasteiger partial charge < -0.3 is 19.7 Å². The maximum Gasteiger partial charge on any atom is 0.242 e. The number of nitrogens with one attached hydrogen (secondary N) is 1. The molecule has 0 radical (unpaired) electrons. The fourth-order valence-corrected chi connectivity index (χ4v) is 2.84. The minimum atomic E-state index is -0.581. The van der Waals surface area contributed by atoms with Crippen molar-refractivity contribution in [3.8, 4) is 11.5 Å². The number of benzene rings is 2. The highest BCUT2D eigenvalue weighted by Gasteiger charge is 2.25. The van der Waals surface area contributed by atoms with E-state index in [1.807, 2.05) is 36.4 Å². The molecule has 0 fully saturated rings. The summed E-state index contributed by atoms with van der Waals surface area (Å²) in [7, 11) is 4.69. The fraction of sp³-hybridized carbons (Fsp3) is 0.333. The van der Waals surface area contributed by atoms with Gasteiger partial charge in [-0.15, -0.1) is 0 Å². The predicted molar refractivity (Wildman–Crippen MR) is 104 cm³/mol. The van der Waals surface area contributed by atoms with Gasteiger partial charge in [0.05, 0.1) is 20.6 Å². The second-order valence-electron chi connectivity index (χ2n) is 6.16. The average molecular weight is 370 g/mol. The van der Waals surface area contributed by atoms with E-state index in [2.05, 4.69) is 5.32 Å². The number of hydrogen-bond acceptors (Lipinski definition) is 4. The summed E-state index contributed by atoms with van der Waals surface area (Å²) < 4.78 is 10.5. The Morgan fingerprint density at radius 1 is 1.00 bits per heavy atom. The molecule has 6 heteroatoms. The van der Waals surface area contributed by atoms with Crippen molar-refractivity contribution in [2.24, 2.45) is 0 Å². The van der Waals surface area contributed by atoms with Crippen molar-refractivity contribution in [3.63, 3.8) is 0 Å². The molecule has 6 nitrogen and oxygen atoms in total. The number of rotatable bonds is 8. The van der Waals surface area contributed by atoms with E-state index in [-0.39, 0.29) is 18.2 Å². The van der Waals surface area contributed by atoms with Crippen LogP contribution in [0.4, 0.5) is 0 Å². The Morgan fingerprint density at radius 3 is 2.26 bits per heavy atom. The van der Waals surface area contributed by atoms with Crippen molar-refractivity contribution in [3.05, 3.63) is 59.7 Å². The van der Waals surface area contributed by atoms with Crippen LogP contribution in [0.5, 0.6) is 11.5 Å². The third kappa shape index (κ3) is 5.23. The maximum absolute atomic E-state index is 13.0. The molecule has 2 rings (SSSR count). The number of carbonyl (C=O) groups excluding carboxylic acids is 2. The van der Waals surface area contributed by atoms with Gasteiger partial charge in [0.2, 0.25) is 11.8 Å². The van der Waals surface area contributed by atoms with Crippen molar-refractivity contribution in [1.82, 2.24) is 10.2 Å². The van der Waals surface area contributed by atoms with Gasteiger partial charge in [0, 0.05) is 13.6 Å². The molecule has 2 aromatic carbocycles. The van der Waals surface area contributed by atoms with Gasteiger partial charge >= 0.3 is 0 Å². The van der Waals surface area contributed by atoms with E-state index in [9.17, 15) is 9.59 Å². The Hall–Kier alpha value is -3.02. The highest BCUT2D eigenvalue weighted by atomic mass is 16.5. The summed E-state index contributed by atoms with van der Waals surface area (Å²) in [6.07, 6.45) is 0.161. The van der Waals surface area contributed by atoms with Crippen LogP contribution in [0.3, 0.4) is 0 Å². The zero-order valence-electron chi connectivity index (χ0n) is 16.2. The van der Waals surface area contributed by atoms with Crippen LogP contribution < -0.4 is 14.8 Å². The van der Waals surface area contributed by atoms with Crippen LogP contribution in [-0.4, -0.2) is 44.0 Å². The first-order chi connectivity index (χ1) is 13.0. The molecule has 0 bridgehead atoms. The first-order valence-electron chi connectivity index (χ1n) is 8.76. The number of amides is 2. The highest BCUT2D eigenvalue weighted by Crippen LogP contribution is 2.28. The van der Waals surface area contributed by atoms with Gasteiger partial charge in [0.1, 0.15) is 6.04 Å². The summed E-state index contributed by atoms with van der Waals surface area (Å²) in [5, 5.41) is 2.61. The van der Waals surface area contributed by atoms with E-state index in [1.54, 1.807) is 45.2 Å². The van der Waals surface area contributed by atoms with E-state index in [0.717, 1.165) is 11.1 Å². The monoisotopic (exact) mass is 370 g/mol. The number of methoxy groups -OCH3 is 2. The molecule has 0 unspecified atom stereocenters. The number of carbonyl (C=O) groups is 2. The Balaban J connectivity index is 2.23. The molecule has 0 aliphatic carbocycles. The van der Waals surface area contributed by atoms with Gasteiger partial charge in [-0.3, -0.25) is 9.59 Å². The molecule has 0 aromatic heterocycles. The highest BCUT2D eigenvalue weighted by molar-refractivity contribution is 5.88. The Labute approximate surface area is 160 Å². The Kier molecular flexibility index (Phi) is 7.23. The normalized spacial score (nSPS) is 11.4. The van der Waals surface area contributed by atoms with Crippen LogP contribution in [0.25, 0.3) is 0 Å². The minimum Gasteiger partial charge on any atom is -0.493 e. The third-order valence-corrected chi connectivity index (χ3v) is 4.41. The molecule has 0 saturated heterocycles. The third-order valence-electron chi connectivity index (χ3n) is 4.41. The Bertz CT molecular complexity index is 777. The summed E-state index contributed by atoms with van der Waals surface area (Å²) in [4.78, 5) is 26.7. The van der Waals surface area contributed by atoms with Gasteiger partial charge in [-0.05, 0) is 30.2 Å².